The number of quaternary nitrogens is 1. The van der Waals surface area contributed by atoms with Crippen LogP contribution in [0, 0.1) is 0 Å². The SMILES string of the molecule is NS(=O)(=O)c1ccc(CC[NH2+]Cc2ccc(Br)cc2)cc1. The number of rotatable bonds is 6. The molecule has 0 aliphatic heterocycles. The lowest BCUT2D eigenvalue weighted by Gasteiger charge is -2.04. The lowest BCUT2D eigenvalue weighted by atomic mass is 10.1. The van der Waals surface area contributed by atoms with E-state index in [1.165, 1.54) is 5.56 Å². The number of halogens is 1. The largest absolute Gasteiger partial charge is 0.342 e. The number of hydrogen-bond donors (Lipinski definition) is 2. The number of primary sulfonamides is 1. The van der Waals surface area contributed by atoms with Crippen LogP contribution in [0.5, 0.6) is 0 Å². The highest BCUT2D eigenvalue weighted by Gasteiger charge is 2.06. The Morgan fingerprint density at radius 3 is 2.10 bits per heavy atom. The first-order valence-corrected chi connectivity index (χ1v) is 8.97. The third-order valence-corrected chi connectivity index (χ3v) is 4.64. The molecule has 0 heterocycles. The quantitative estimate of drug-likeness (QED) is 0.755. The predicted octanol–water partition coefficient (Wildman–Crippen LogP) is 1.40. The number of benzene rings is 2. The van der Waals surface area contributed by atoms with Gasteiger partial charge in [-0.1, -0.05) is 40.2 Å². The Balaban J connectivity index is 1.80. The molecule has 0 aliphatic rings. The maximum absolute atomic E-state index is 11.2. The molecule has 112 valence electrons. The zero-order valence-corrected chi connectivity index (χ0v) is 13.9. The van der Waals surface area contributed by atoms with Crippen molar-refractivity contribution in [2.45, 2.75) is 17.9 Å². The van der Waals surface area contributed by atoms with Gasteiger partial charge in [-0.3, -0.25) is 0 Å². The van der Waals surface area contributed by atoms with Crippen molar-refractivity contribution >= 4 is 26.0 Å². The average Bonchev–Trinajstić information content (AvgIpc) is 2.45. The Morgan fingerprint density at radius 1 is 0.952 bits per heavy atom. The summed E-state index contributed by atoms with van der Waals surface area (Å²) in [4.78, 5) is 0.157. The van der Waals surface area contributed by atoms with Gasteiger partial charge in [0.25, 0.3) is 0 Å². The summed E-state index contributed by atoms with van der Waals surface area (Å²) in [5.41, 5.74) is 2.39. The second-order valence-corrected chi connectivity index (χ2v) is 7.32. The van der Waals surface area contributed by atoms with Crippen LogP contribution in [0.4, 0.5) is 0 Å². The summed E-state index contributed by atoms with van der Waals surface area (Å²) in [6, 6.07) is 15.0. The summed E-state index contributed by atoms with van der Waals surface area (Å²) in [6.45, 7) is 1.88. The van der Waals surface area contributed by atoms with Crippen molar-refractivity contribution in [2.24, 2.45) is 5.14 Å². The minimum absolute atomic E-state index is 0.157. The van der Waals surface area contributed by atoms with E-state index in [0.717, 1.165) is 29.5 Å². The summed E-state index contributed by atoms with van der Waals surface area (Å²) in [5, 5.41) is 7.30. The first-order chi connectivity index (χ1) is 9.95. The first kappa shape index (κ1) is 16.2. The zero-order valence-electron chi connectivity index (χ0n) is 11.5. The van der Waals surface area contributed by atoms with Crippen LogP contribution in [-0.4, -0.2) is 15.0 Å². The van der Waals surface area contributed by atoms with Gasteiger partial charge in [-0.15, -0.1) is 0 Å². The van der Waals surface area contributed by atoms with Gasteiger partial charge in [0.2, 0.25) is 10.0 Å². The van der Waals surface area contributed by atoms with Gasteiger partial charge in [0.1, 0.15) is 6.54 Å². The van der Waals surface area contributed by atoms with E-state index in [9.17, 15) is 8.42 Å². The van der Waals surface area contributed by atoms with E-state index in [-0.39, 0.29) is 4.90 Å². The van der Waals surface area contributed by atoms with Crippen molar-refractivity contribution in [3.63, 3.8) is 0 Å². The second-order valence-electron chi connectivity index (χ2n) is 4.85. The maximum atomic E-state index is 11.2. The minimum atomic E-state index is -3.60. The maximum Gasteiger partial charge on any atom is 0.238 e. The van der Waals surface area contributed by atoms with Crippen LogP contribution in [0.25, 0.3) is 0 Å². The third-order valence-electron chi connectivity index (χ3n) is 3.18. The molecule has 0 fully saturated rings. The Hall–Kier alpha value is -1.21. The molecule has 4 nitrogen and oxygen atoms in total. The van der Waals surface area contributed by atoms with E-state index in [1.807, 2.05) is 24.3 Å². The normalized spacial score (nSPS) is 11.5. The van der Waals surface area contributed by atoms with Crippen LogP contribution >= 0.6 is 15.9 Å². The summed E-state index contributed by atoms with van der Waals surface area (Å²) in [7, 11) is -3.60. The summed E-state index contributed by atoms with van der Waals surface area (Å²) in [5.74, 6) is 0. The van der Waals surface area contributed by atoms with Gasteiger partial charge in [0.15, 0.2) is 0 Å². The molecule has 21 heavy (non-hydrogen) atoms. The number of sulfonamides is 1. The highest BCUT2D eigenvalue weighted by Crippen LogP contribution is 2.10. The molecule has 6 heteroatoms. The Bertz CT molecular complexity index is 683. The minimum Gasteiger partial charge on any atom is -0.342 e. The molecule has 0 saturated carbocycles. The molecular formula is C15H18BrN2O2S+. The monoisotopic (exact) mass is 369 g/mol. The number of hydrogen-bond acceptors (Lipinski definition) is 2. The van der Waals surface area contributed by atoms with Crippen LogP contribution in [0.15, 0.2) is 57.9 Å². The molecule has 0 saturated heterocycles. The fraction of sp³-hybridized carbons (Fsp3) is 0.200. The van der Waals surface area contributed by atoms with Crippen LogP contribution in [0.2, 0.25) is 0 Å². The summed E-state index contributed by atoms with van der Waals surface area (Å²) >= 11 is 3.42. The molecule has 0 aromatic heterocycles. The van der Waals surface area contributed by atoms with Gasteiger partial charge >= 0.3 is 0 Å². The van der Waals surface area contributed by atoms with Crippen molar-refractivity contribution in [1.82, 2.24) is 0 Å². The molecule has 0 spiro atoms. The van der Waals surface area contributed by atoms with Crippen LogP contribution in [0.1, 0.15) is 11.1 Å². The fourth-order valence-electron chi connectivity index (χ4n) is 2.00. The molecule has 0 aliphatic carbocycles. The molecule has 2 aromatic carbocycles. The molecular weight excluding hydrogens is 352 g/mol. The van der Waals surface area contributed by atoms with E-state index in [4.69, 9.17) is 5.14 Å². The molecule has 0 unspecified atom stereocenters. The second kappa shape index (κ2) is 7.17. The lowest BCUT2D eigenvalue weighted by molar-refractivity contribution is -0.670. The van der Waals surface area contributed by atoms with Crippen molar-refractivity contribution in [1.29, 1.82) is 0 Å². The molecule has 2 aromatic rings. The third kappa shape index (κ3) is 5.24. The number of nitrogens with two attached hydrogens (primary N) is 2. The van der Waals surface area contributed by atoms with Gasteiger partial charge < -0.3 is 5.32 Å². The average molecular weight is 370 g/mol. The highest BCUT2D eigenvalue weighted by atomic mass is 79.9. The van der Waals surface area contributed by atoms with E-state index in [1.54, 1.807) is 12.1 Å². The van der Waals surface area contributed by atoms with Crippen molar-refractivity contribution in [2.75, 3.05) is 6.54 Å². The molecule has 4 N–H and O–H groups in total. The molecule has 2 rings (SSSR count). The van der Waals surface area contributed by atoms with E-state index in [0.29, 0.717) is 0 Å². The Morgan fingerprint density at radius 2 is 1.52 bits per heavy atom. The zero-order chi connectivity index (χ0) is 15.3. The van der Waals surface area contributed by atoms with Crippen molar-refractivity contribution in [3.8, 4) is 0 Å². The van der Waals surface area contributed by atoms with Gasteiger partial charge in [-0.2, -0.15) is 0 Å². The van der Waals surface area contributed by atoms with Gasteiger partial charge in [0.05, 0.1) is 11.4 Å². The Kier molecular flexibility index (Phi) is 5.52. The van der Waals surface area contributed by atoms with Crippen LogP contribution in [-0.2, 0) is 23.0 Å². The standard InChI is InChI=1S/C15H17BrN2O2S/c16-14-5-1-13(2-6-14)11-18-10-9-12-3-7-15(8-4-12)21(17,19)20/h1-8,18H,9-11H2,(H2,17,19,20)/p+1. The highest BCUT2D eigenvalue weighted by molar-refractivity contribution is 9.10. The molecule has 0 radical (unpaired) electrons. The predicted molar refractivity (Wildman–Crippen MR) is 86.2 cm³/mol. The lowest BCUT2D eigenvalue weighted by Crippen LogP contribution is -2.83. The first-order valence-electron chi connectivity index (χ1n) is 6.63. The molecule has 0 amide bonds. The summed E-state index contributed by atoms with van der Waals surface area (Å²) in [6.07, 6.45) is 0.890. The Labute approximate surface area is 133 Å². The van der Waals surface area contributed by atoms with E-state index in [2.05, 4.69) is 33.4 Å². The van der Waals surface area contributed by atoms with Gasteiger partial charge in [0, 0.05) is 16.5 Å². The van der Waals surface area contributed by atoms with E-state index < -0.39 is 10.0 Å². The molecule has 0 atom stereocenters. The summed E-state index contributed by atoms with van der Waals surface area (Å²) < 4.78 is 23.4. The van der Waals surface area contributed by atoms with Crippen molar-refractivity contribution in [3.05, 3.63) is 64.1 Å². The smallest absolute Gasteiger partial charge is 0.238 e. The van der Waals surface area contributed by atoms with Crippen molar-refractivity contribution < 1.29 is 13.7 Å². The van der Waals surface area contributed by atoms with Crippen LogP contribution in [0.3, 0.4) is 0 Å². The van der Waals surface area contributed by atoms with Crippen LogP contribution < -0.4 is 10.5 Å². The molecule has 0 bridgehead atoms. The van der Waals surface area contributed by atoms with Gasteiger partial charge in [-0.25, -0.2) is 13.6 Å². The van der Waals surface area contributed by atoms with Gasteiger partial charge in [-0.05, 0) is 29.8 Å². The van der Waals surface area contributed by atoms with E-state index >= 15 is 0 Å². The fourth-order valence-corrected chi connectivity index (χ4v) is 2.78. The topological polar surface area (TPSA) is 76.8 Å².